The molecule has 0 unspecified atom stereocenters. The fourth-order valence-electron chi connectivity index (χ4n) is 2.93. The maximum atomic E-state index is 8.84. The van der Waals surface area contributed by atoms with Gasteiger partial charge in [0.2, 0.25) is 0 Å². The Morgan fingerprint density at radius 1 is 1.38 bits per heavy atom. The van der Waals surface area contributed by atoms with Crippen LogP contribution in [0.2, 0.25) is 0 Å². The first-order valence-electron chi connectivity index (χ1n) is 5.22. The molecule has 72 valence electrons. The summed E-state index contributed by atoms with van der Waals surface area (Å²) in [4.78, 5) is 0. The number of hydrogen-bond acceptors (Lipinski definition) is 2. The zero-order chi connectivity index (χ0) is 9.53. The molecule has 13 heavy (non-hydrogen) atoms. The quantitative estimate of drug-likeness (QED) is 0.714. The fourth-order valence-corrected chi connectivity index (χ4v) is 2.93. The van der Waals surface area contributed by atoms with E-state index in [1.807, 2.05) is 0 Å². The van der Waals surface area contributed by atoms with E-state index in [-0.39, 0.29) is 5.41 Å². The molecule has 3 aliphatic carbocycles. The van der Waals surface area contributed by atoms with Crippen molar-refractivity contribution in [2.75, 3.05) is 13.1 Å². The van der Waals surface area contributed by atoms with E-state index in [2.05, 4.69) is 25.2 Å². The Labute approximate surface area is 80.3 Å². The number of nitriles is 1. The van der Waals surface area contributed by atoms with Crippen LogP contribution in [-0.4, -0.2) is 13.1 Å². The van der Waals surface area contributed by atoms with Crippen LogP contribution in [0.15, 0.2) is 0 Å². The van der Waals surface area contributed by atoms with Gasteiger partial charge in [0.25, 0.3) is 0 Å². The summed E-state index contributed by atoms with van der Waals surface area (Å²) >= 11 is 0. The zero-order valence-electron chi connectivity index (χ0n) is 8.56. The van der Waals surface area contributed by atoms with Gasteiger partial charge in [-0.1, -0.05) is 13.8 Å². The molecule has 0 amide bonds. The second-order valence-corrected chi connectivity index (χ2v) is 5.45. The number of rotatable bonds is 4. The summed E-state index contributed by atoms with van der Waals surface area (Å²) in [7, 11) is 0. The smallest absolute Gasteiger partial charge is 0.0690 e. The predicted octanol–water partition coefficient (Wildman–Crippen LogP) is 1.93. The van der Waals surface area contributed by atoms with Gasteiger partial charge in [-0.2, -0.15) is 5.26 Å². The molecule has 2 heteroatoms. The van der Waals surface area contributed by atoms with Crippen LogP contribution in [-0.2, 0) is 0 Å². The van der Waals surface area contributed by atoms with E-state index in [9.17, 15) is 0 Å². The van der Waals surface area contributed by atoms with E-state index in [1.165, 1.54) is 0 Å². The molecule has 0 aromatic heterocycles. The van der Waals surface area contributed by atoms with Gasteiger partial charge in [0.1, 0.15) is 0 Å². The van der Waals surface area contributed by atoms with Gasteiger partial charge in [-0.15, -0.1) is 0 Å². The lowest BCUT2D eigenvalue weighted by molar-refractivity contribution is -0.159. The second kappa shape index (κ2) is 2.72. The molecule has 3 aliphatic rings. The highest BCUT2D eigenvalue weighted by Crippen LogP contribution is 2.72. The molecule has 0 aromatic carbocycles. The maximum Gasteiger partial charge on any atom is 0.0690 e. The lowest BCUT2D eigenvalue weighted by atomic mass is 9.36. The van der Waals surface area contributed by atoms with E-state index in [4.69, 9.17) is 5.26 Å². The minimum Gasteiger partial charge on any atom is -0.316 e. The highest BCUT2D eigenvalue weighted by atomic mass is 14.9. The average Bonchev–Trinajstić information content (AvgIpc) is 1.91. The molecule has 0 saturated heterocycles. The van der Waals surface area contributed by atoms with Crippen molar-refractivity contribution < 1.29 is 0 Å². The number of nitrogens with one attached hydrogen (secondary N) is 1. The highest BCUT2D eigenvalue weighted by Gasteiger charge is 2.67. The van der Waals surface area contributed by atoms with Crippen molar-refractivity contribution in [2.24, 2.45) is 16.7 Å². The second-order valence-electron chi connectivity index (χ2n) is 5.45. The van der Waals surface area contributed by atoms with Gasteiger partial charge in [0, 0.05) is 6.54 Å². The first-order chi connectivity index (χ1) is 6.10. The molecule has 0 heterocycles. The monoisotopic (exact) mass is 178 g/mol. The molecule has 0 spiro atoms. The van der Waals surface area contributed by atoms with Crippen LogP contribution in [0.3, 0.4) is 0 Å². The number of nitrogens with zero attached hydrogens (tertiary/aromatic N) is 1. The Morgan fingerprint density at radius 3 is 2.46 bits per heavy atom. The van der Waals surface area contributed by atoms with Crippen molar-refractivity contribution >= 4 is 0 Å². The third kappa shape index (κ3) is 1.36. The summed E-state index contributed by atoms with van der Waals surface area (Å²) in [6, 6.07) is 2.44. The molecule has 2 nitrogen and oxygen atoms in total. The molecular weight excluding hydrogens is 160 g/mol. The van der Waals surface area contributed by atoms with Crippen molar-refractivity contribution in [1.29, 1.82) is 5.26 Å². The highest BCUT2D eigenvalue weighted by molar-refractivity contribution is 5.26. The van der Waals surface area contributed by atoms with Crippen LogP contribution >= 0.6 is 0 Å². The van der Waals surface area contributed by atoms with Gasteiger partial charge >= 0.3 is 0 Å². The summed E-state index contributed by atoms with van der Waals surface area (Å²) in [6.45, 7) is 6.70. The van der Waals surface area contributed by atoms with Gasteiger partial charge in [-0.25, -0.2) is 0 Å². The minimum atomic E-state index is 0.125. The summed E-state index contributed by atoms with van der Waals surface area (Å²) < 4.78 is 0. The van der Waals surface area contributed by atoms with Crippen LogP contribution in [0.25, 0.3) is 0 Å². The van der Waals surface area contributed by atoms with Gasteiger partial charge in [0.05, 0.1) is 11.5 Å². The Balaban J connectivity index is 1.68. The summed E-state index contributed by atoms with van der Waals surface area (Å²) in [5.74, 6) is 0.734. The van der Waals surface area contributed by atoms with Gasteiger partial charge < -0.3 is 5.32 Å². The van der Waals surface area contributed by atoms with E-state index in [0.29, 0.717) is 5.41 Å². The molecule has 2 bridgehead atoms. The predicted molar refractivity (Wildman–Crippen MR) is 52.0 cm³/mol. The van der Waals surface area contributed by atoms with E-state index in [1.54, 1.807) is 0 Å². The molecule has 0 aromatic rings. The summed E-state index contributed by atoms with van der Waals surface area (Å²) in [6.07, 6.45) is 3.46. The average molecular weight is 178 g/mol. The standard InChI is InChI=1S/C11H18N2/c1-9(2)3-13-8-11-4-10(5-11,6-11)7-12/h9,13H,3-6,8H2,1-2H3. The molecule has 0 atom stereocenters. The van der Waals surface area contributed by atoms with Gasteiger partial charge in [0.15, 0.2) is 0 Å². The third-order valence-electron chi connectivity index (χ3n) is 3.43. The topological polar surface area (TPSA) is 35.8 Å². The van der Waals surface area contributed by atoms with Gasteiger partial charge in [-0.05, 0) is 37.1 Å². The fraction of sp³-hybridized carbons (Fsp3) is 0.909. The molecule has 1 N–H and O–H groups in total. The van der Waals surface area contributed by atoms with E-state index < -0.39 is 0 Å². The summed E-state index contributed by atoms with van der Waals surface area (Å²) in [5.41, 5.74) is 0.657. The van der Waals surface area contributed by atoms with Gasteiger partial charge in [-0.3, -0.25) is 0 Å². The molecule has 3 fully saturated rings. The lowest BCUT2D eigenvalue weighted by Crippen LogP contribution is -2.64. The van der Waals surface area contributed by atoms with E-state index in [0.717, 1.165) is 38.3 Å². The van der Waals surface area contributed by atoms with Crippen molar-refractivity contribution in [1.82, 2.24) is 5.32 Å². The molecule has 0 radical (unpaired) electrons. The van der Waals surface area contributed by atoms with Crippen LogP contribution < -0.4 is 5.32 Å². The Morgan fingerprint density at radius 2 is 2.00 bits per heavy atom. The van der Waals surface area contributed by atoms with Crippen molar-refractivity contribution in [3.63, 3.8) is 0 Å². The Bertz CT molecular complexity index is 230. The lowest BCUT2D eigenvalue weighted by Gasteiger charge is -2.67. The van der Waals surface area contributed by atoms with Crippen LogP contribution in [0.1, 0.15) is 33.1 Å². The maximum absolute atomic E-state index is 8.84. The normalized spacial score (nSPS) is 40.8. The van der Waals surface area contributed by atoms with Crippen LogP contribution in [0.5, 0.6) is 0 Å². The largest absolute Gasteiger partial charge is 0.316 e. The van der Waals surface area contributed by atoms with Crippen molar-refractivity contribution in [3.8, 4) is 6.07 Å². The SMILES string of the molecule is CC(C)CNCC12CC(C#N)(C1)C2. The van der Waals surface area contributed by atoms with Crippen LogP contribution in [0, 0.1) is 28.1 Å². The Kier molecular flexibility index (Phi) is 1.89. The zero-order valence-corrected chi connectivity index (χ0v) is 8.56. The molecule has 3 saturated carbocycles. The molecule has 3 rings (SSSR count). The third-order valence-corrected chi connectivity index (χ3v) is 3.43. The number of hydrogen-bond donors (Lipinski definition) is 1. The first kappa shape index (κ1) is 9.02. The Hall–Kier alpha value is -0.550. The summed E-state index contributed by atoms with van der Waals surface area (Å²) in [5, 5.41) is 12.3. The van der Waals surface area contributed by atoms with Crippen LogP contribution in [0.4, 0.5) is 0 Å². The van der Waals surface area contributed by atoms with E-state index >= 15 is 0 Å². The molecular formula is C11H18N2. The molecule has 0 aliphatic heterocycles. The van der Waals surface area contributed by atoms with Crippen molar-refractivity contribution in [3.05, 3.63) is 0 Å². The first-order valence-corrected chi connectivity index (χ1v) is 5.22. The minimum absolute atomic E-state index is 0.125. The van der Waals surface area contributed by atoms with Crippen molar-refractivity contribution in [2.45, 2.75) is 33.1 Å².